The molecule has 2 rings (SSSR count). The Morgan fingerprint density at radius 3 is 2.00 bits per heavy atom. The van der Waals surface area contributed by atoms with Crippen LogP contribution in [0.3, 0.4) is 0 Å². The van der Waals surface area contributed by atoms with E-state index in [-0.39, 0.29) is 11.6 Å². The zero-order chi connectivity index (χ0) is 14.8. The van der Waals surface area contributed by atoms with Gasteiger partial charge in [0.15, 0.2) is 17.9 Å². The van der Waals surface area contributed by atoms with Gasteiger partial charge in [0.2, 0.25) is 0 Å². The molecule has 0 bridgehead atoms. The molecule has 106 valence electrons. The molecule has 1 aromatic heterocycles. The Hall–Kier alpha value is -1.83. The number of aryl methyl sites for hydroxylation is 1. The molecule has 0 spiro atoms. The van der Waals surface area contributed by atoms with Crippen molar-refractivity contribution in [1.82, 2.24) is 0 Å². The highest BCUT2D eigenvalue weighted by atomic mass is 16.5. The van der Waals surface area contributed by atoms with Crippen LogP contribution >= 0.6 is 0 Å². The minimum atomic E-state index is -0.0793. The van der Waals surface area contributed by atoms with Crippen molar-refractivity contribution < 1.29 is 9.30 Å². The largest absolute Gasteiger partial charge is 0.491 e. The SMILES string of the molecule is Cc1cc[n+](C(C)(C)c2ccc(OC(C)C)cc2)cc1. The zero-order valence-electron chi connectivity index (χ0n) is 13.1. The summed E-state index contributed by atoms with van der Waals surface area (Å²) in [4.78, 5) is 0. The van der Waals surface area contributed by atoms with Gasteiger partial charge in [0, 0.05) is 31.5 Å². The molecule has 1 heterocycles. The minimum absolute atomic E-state index is 0.0793. The van der Waals surface area contributed by atoms with E-state index in [1.807, 2.05) is 26.0 Å². The molecule has 20 heavy (non-hydrogen) atoms. The summed E-state index contributed by atoms with van der Waals surface area (Å²) in [6.07, 6.45) is 4.47. The average Bonchev–Trinajstić information content (AvgIpc) is 2.39. The van der Waals surface area contributed by atoms with Crippen LogP contribution in [-0.2, 0) is 5.54 Å². The van der Waals surface area contributed by atoms with E-state index in [1.165, 1.54) is 11.1 Å². The van der Waals surface area contributed by atoms with E-state index in [4.69, 9.17) is 4.74 Å². The standard InChI is InChI=1S/C18H24NO/c1-14(2)20-17-8-6-16(7-9-17)18(4,5)19-12-10-15(3)11-13-19/h6-14H,1-5H3/q+1. The molecule has 0 saturated heterocycles. The molecule has 0 aliphatic carbocycles. The molecule has 0 radical (unpaired) electrons. The first-order valence-electron chi connectivity index (χ1n) is 7.15. The van der Waals surface area contributed by atoms with Crippen molar-refractivity contribution in [2.45, 2.75) is 46.3 Å². The number of rotatable bonds is 4. The normalized spacial score (nSPS) is 11.7. The molecule has 0 atom stereocenters. The summed E-state index contributed by atoms with van der Waals surface area (Å²) in [6.45, 7) is 10.6. The number of pyridine rings is 1. The lowest BCUT2D eigenvalue weighted by Crippen LogP contribution is -2.52. The minimum Gasteiger partial charge on any atom is -0.491 e. The van der Waals surface area contributed by atoms with Gasteiger partial charge in [0.05, 0.1) is 6.10 Å². The van der Waals surface area contributed by atoms with E-state index in [0.29, 0.717) is 0 Å². The van der Waals surface area contributed by atoms with E-state index in [9.17, 15) is 0 Å². The first-order valence-corrected chi connectivity index (χ1v) is 7.15. The predicted octanol–water partition coefficient (Wildman–Crippen LogP) is 3.85. The predicted molar refractivity (Wildman–Crippen MR) is 82.0 cm³/mol. The van der Waals surface area contributed by atoms with Crippen molar-refractivity contribution in [3.05, 3.63) is 59.9 Å². The summed E-state index contributed by atoms with van der Waals surface area (Å²) in [5.74, 6) is 0.924. The Bertz CT molecular complexity index is 553. The maximum absolute atomic E-state index is 5.70. The molecule has 2 heteroatoms. The van der Waals surface area contributed by atoms with E-state index >= 15 is 0 Å². The molecule has 0 N–H and O–H groups in total. The highest BCUT2D eigenvalue weighted by Gasteiger charge is 2.30. The highest BCUT2D eigenvalue weighted by Crippen LogP contribution is 2.23. The van der Waals surface area contributed by atoms with Gasteiger partial charge in [0.25, 0.3) is 0 Å². The number of ether oxygens (including phenoxy) is 1. The zero-order valence-corrected chi connectivity index (χ0v) is 13.1. The van der Waals surface area contributed by atoms with Gasteiger partial charge in [-0.1, -0.05) is 0 Å². The quantitative estimate of drug-likeness (QED) is 0.769. The number of hydrogen-bond donors (Lipinski definition) is 0. The fourth-order valence-corrected chi connectivity index (χ4v) is 2.24. The molecule has 0 aliphatic rings. The first kappa shape index (κ1) is 14.6. The Labute approximate surface area is 122 Å². The lowest BCUT2D eigenvalue weighted by atomic mass is 9.93. The van der Waals surface area contributed by atoms with Gasteiger partial charge in [-0.2, -0.15) is 4.57 Å². The summed E-state index contributed by atoms with van der Waals surface area (Å²) in [5, 5.41) is 0. The van der Waals surface area contributed by atoms with Gasteiger partial charge in [-0.15, -0.1) is 0 Å². The lowest BCUT2D eigenvalue weighted by molar-refractivity contribution is -0.747. The van der Waals surface area contributed by atoms with Gasteiger partial charge < -0.3 is 4.74 Å². The molecule has 0 fully saturated rings. The molecule has 2 nitrogen and oxygen atoms in total. The Morgan fingerprint density at radius 1 is 0.950 bits per heavy atom. The molecule has 0 aliphatic heterocycles. The molecular formula is C18H24NO+. The fourth-order valence-electron chi connectivity index (χ4n) is 2.24. The summed E-state index contributed by atoms with van der Waals surface area (Å²) >= 11 is 0. The van der Waals surface area contributed by atoms with Gasteiger partial charge in [-0.05, 0) is 50.6 Å². The second kappa shape index (κ2) is 5.66. The number of aromatic nitrogens is 1. The van der Waals surface area contributed by atoms with Gasteiger partial charge in [-0.25, -0.2) is 0 Å². The van der Waals surface area contributed by atoms with E-state index in [2.05, 4.69) is 62.0 Å². The van der Waals surface area contributed by atoms with Crippen LogP contribution in [0.25, 0.3) is 0 Å². The van der Waals surface area contributed by atoms with Crippen LogP contribution in [0.1, 0.15) is 38.8 Å². The van der Waals surface area contributed by atoms with Crippen LogP contribution < -0.4 is 9.30 Å². The smallest absolute Gasteiger partial charge is 0.187 e. The van der Waals surface area contributed by atoms with Crippen molar-refractivity contribution in [3.63, 3.8) is 0 Å². The summed E-state index contributed by atoms with van der Waals surface area (Å²) in [5.41, 5.74) is 2.46. The van der Waals surface area contributed by atoms with Gasteiger partial charge >= 0.3 is 0 Å². The van der Waals surface area contributed by atoms with Crippen LogP contribution in [0.4, 0.5) is 0 Å². The average molecular weight is 270 g/mol. The second-order valence-corrected chi connectivity index (χ2v) is 6.03. The number of benzene rings is 1. The van der Waals surface area contributed by atoms with Crippen LogP contribution in [0.15, 0.2) is 48.8 Å². The van der Waals surface area contributed by atoms with Crippen molar-refractivity contribution >= 4 is 0 Å². The van der Waals surface area contributed by atoms with Crippen molar-refractivity contribution in [2.24, 2.45) is 0 Å². The van der Waals surface area contributed by atoms with Crippen molar-refractivity contribution in [1.29, 1.82) is 0 Å². The number of hydrogen-bond acceptors (Lipinski definition) is 1. The monoisotopic (exact) mass is 270 g/mol. The summed E-state index contributed by atoms with van der Waals surface area (Å²) in [6, 6.07) is 12.7. The van der Waals surface area contributed by atoms with Crippen molar-refractivity contribution in [2.75, 3.05) is 0 Å². The fraction of sp³-hybridized carbons (Fsp3) is 0.389. The van der Waals surface area contributed by atoms with E-state index in [0.717, 1.165) is 5.75 Å². The molecular weight excluding hydrogens is 246 g/mol. The van der Waals surface area contributed by atoms with Crippen LogP contribution in [-0.4, -0.2) is 6.10 Å². The van der Waals surface area contributed by atoms with E-state index < -0.39 is 0 Å². The topological polar surface area (TPSA) is 13.1 Å². The molecule has 0 saturated carbocycles. The molecule has 1 aromatic carbocycles. The Balaban J connectivity index is 2.27. The summed E-state index contributed by atoms with van der Waals surface area (Å²) < 4.78 is 7.93. The van der Waals surface area contributed by atoms with Crippen LogP contribution in [0, 0.1) is 6.92 Å². The summed E-state index contributed by atoms with van der Waals surface area (Å²) in [7, 11) is 0. The van der Waals surface area contributed by atoms with E-state index in [1.54, 1.807) is 0 Å². The maximum Gasteiger partial charge on any atom is 0.187 e. The van der Waals surface area contributed by atoms with Crippen molar-refractivity contribution in [3.8, 4) is 5.75 Å². The lowest BCUT2D eigenvalue weighted by Gasteiger charge is -2.20. The molecule has 0 amide bonds. The third-order valence-electron chi connectivity index (χ3n) is 3.57. The second-order valence-electron chi connectivity index (χ2n) is 6.03. The van der Waals surface area contributed by atoms with Crippen LogP contribution in [0.2, 0.25) is 0 Å². The third-order valence-corrected chi connectivity index (χ3v) is 3.57. The Morgan fingerprint density at radius 2 is 1.50 bits per heavy atom. The Kier molecular flexibility index (Phi) is 4.12. The van der Waals surface area contributed by atoms with Crippen LogP contribution in [0.5, 0.6) is 5.75 Å². The highest BCUT2D eigenvalue weighted by molar-refractivity contribution is 5.30. The third kappa shape index (κ3) is 3.19. The molecule has 0 unspecified atom stereocenters. The molecule has 2 aromatic rings. The maximum atomic E-state index is 5.70. The van der Waals surface area contributed by atoms with Gasteiger partial charge in [0.1, 0.15) is 5.75 Å². The first-order chi connectivity index (χ1) is 9.39. The van der Waals surface area contributed by atoms with Gasteiger partial charge in [-0.3, -0.25) is 0 Å². The number of nitrogens with zero attached hydrogens (tertiary/aromatic N) is 1.